The van der Waals surface area contributed by atoms with Gasteiger partial charge in [0.05, 0.1) is 6.04 Å². The number of Topliss-reactive ketones (excluding diaryl/α,β-unsaturated/α-hetero) is 1. The Kier molecular flexibility index (Phi) is 4.93. The fourth-order valence-corrected chi connectivity index (χ4v) is 2.42. The average molecular weight is 226 g/mol. The van der Waals surface area contributed by atoms with Crippen LogP contribution in [0.15, 0.2) is 0 Å². The number of likely N-dealkylation sites (tertiary alicyclic amines) is 1. The van der Waals surface area contributed by atoms with E-state index in [0.717, 1.165) is 25.8 Å². The summed E-state index contributed by atoms with van der Waals surface area (Å²) in [6, 6.07) is -0.0649. The van der Waals surface area contributed by atoms with Gasteiger partial charge in [0.2, 0.25) is 5.91 Å². The molecule has 1 aliphatic rings. The Morgan fingerprint density at radius 1 is 1.38 bits per heavy atom. The first kappa shape index (κ1) is 13.2. The third kappa shape index (κ3) is 3.59. The lowest BCUT2D eigenvalue weighted by atomic mass is 10.0. The van der Waals surface area contributed by atoms with Gasteiger partial charge in [-0.05, 0) is 33.2 Å². The van der Waals surface area contributed by atoms with Crippen LogP contribution in [0.5, 0.6) is 0 Å². The van der Waals surface area contributed by atoms with E-state index in [-0.39, 0.29) is 23.8 Å². The molecule has 1 heterocycles. The Balaban J connectivity index is 2.72. The molecule has 1 amide bonds. The van der Waals surface area contributed by atoms with Gasteiger partial charge in [0.25, 0.3) is 0 Å². The molecule has 2 unspecified atom stereocenters. The molecule has 0 aromatic carbocycles. The Labute approximate surface area is 97.2 Å². The van der Waals surface area contributed by atoms with Crippen LogP contribution in [0.2, 0.25) is 0 Å². The summed E-state index contributed by atoms with van der Waals surface area (Å²) in [5.41, 5.74) is 5.35. The van der Waals surface area contributed by atoms with E-state index in [0.29, 0.717) is 6.42 Å². The highest BCUT2D eigenvalue weighted by molar-refractivity contribution is 5.80. The summed E-state index contributed by atoms with van der Waals surface area (Å²) >= 11 is 0. The summed E-state index contributed by atoms with van der Waals surface area (Å²) < 4.78 is 0. The van der Waals surface area contributed by atoms with E-state index >= 15 is 0 Å². The zero-order valence-electron chi connectivity index (χ0n) is 10.2. The quantitative estimate of drug-likeness (QED) is 0.780. The van der Waals surface area contributed by atoms with Crippen molar-refractivity contribution in [3.05, 3.63) is 0 Å². The van der Waals surface area contributed by atoms with Gasteiger partial charge in [-0.25, -0.2) is 0 Å². The Hall–Kier alpha value is -0.900. The van der Waals surface area contributed by atoms with E-state index in [1.807, 2.05) is 6.92 Å². The van der Waals surface area contributed by atoms with Gasteiger partial charge in [-0.2, -0.15) is 0 Å². The lowest BCUT2D eigenvalue weighted by Gasteiger charge is -2.33. The minimum Gasteiger partial charge on any atom is -0.368 e. The standard InChI is InChI=1S/C12H22N2O2/c1-9(15)8-11-6-4-3-5-7-14(11)10(2)12(13)16/h10-11H,3-8H2,1-2H3,(H2,13,16). The maximum Gasteiger partial charge on any atom is 0.234 e. The van der Waals surface area contributed by atoms with E-state index in [1.54, 1.807) is 6.92 Å². The molecule has 0 bridgehead atoms. The van der Waals surface area contributed by atoms with Gasteiger partial charge in [0.1, 0.15) is 5.78 Å². The Morgan fingerprint density at radius 2 is 2.06 bits per heavy atom. The molecule has 0 radical (unpaired) electrons. The molecular formula is C12H22N2O2. The van der Waals surface area contributed by atoms with E-state index in [1.165, 1.54) is 6.42 Å². The number of rotatable bonds is 4. The van der Waals surface area contributed by atoms with Gasteiger partial charge >= 0.3 is 0 Å². The van der Waals surface area contributed by atoms with E-state index in [4.69, 9.17) is 5.73 Å². The summed E-state index contributed by atoms with van der Waals surface area (Å²) in [7, 11) is 0. The zero-order valence-corrected chi connectivity index (χ0v) is 10.2. The topological polar surface area (TPSA) is 63.4 Å². The van der Waals surface area contributed by atoms with E-state index in [9.17, 15) is 9.59 Å². The highest BCUT2D eigenvalue weighted by Crippen LogP contribution is 2.21. The van der Waals surface area contributed by atoms with Crippen molar-refractivity contribution < 1.29 is 9.59 Å². The Morgan fingerprint density at radius 3 is 2.62 bits per heavy atom. The van der Waals surface area contributed by atoms with Gasteiger partial charge in [0, 0.05) is 12.5 Å². The summed E-state index contributed by atoms with van der Waals surface area (Å²) in [5.74, 6) is -0.107. The van der Waals surface area contributed by atoms with Crippen LogP contribution >= 0.6 is 0 Å². The number of primary amides is 1. The smallest absolute Gasteiger partial charge is 0.234 e. The molecule has 1 rings (SSSR count). The third-order valence-corrected chi connectivity index (χ3v) is 3.35. The minimum atomic E-state index is -0.296. The number of carbonyl (C=O) groups excluding carboxylic acids is 2. The molecule has 1 aliphatic heterocycles. The van der Waals surface area contributed by atoms with Gasteiger partial charge in [-0.1, -0.05) is 12.8 Å². The predicted molar refractivity (Wildman–Crippen MR) is 62.9 cm³/mol. The van der Waals surface area contributed by atoms with Crippen molar-refractivity contribution in [2.24, 2.45) is 5.73 Å². The molecular weight excluding hydrogens is 204 g/mol. The second-order valence-electron chi connectivity index (χ2n) is 4.73. The first-order valence-electron chi connectivity index (χ1n) is 6.07. The van der Waals surface area contributed by atoms with Gasteiger partial charge in [-0.15, -0.1) is 0 Å². The number of nitrogens with zero attached hydrogens (tertiary/aromatic N) is 1. The summed E-state index contributed by atoms with van der Waals surface area (Å²) in [4.78, 5) is 24.6. The molecule has 1 fully saturated rings. The molecule has 2 N–H and O–H groups in total. The monoisotopic (exact) mass is 226 g/mol. The van der Waals surface area contributed by atoms with Crippen molar-refractivity contribution in [1.82, 2.24) is 4.90 Å². The average Bonchev–Trinajstić information content (AvgIpc) is 2.41. The highest BCUT2D eigenvalue weighted by atomic mass is 16.1. The molecule has 0 aliphatic carbocycles. The molecule has 0 aromatic rings. The van der Waals surface area contributed by atoms with Crippen LogP contribution in [-0.4, -0.2) is 35.2 Å². The lowest BCUT2D eigenvalue weighted by molar-refractivity contribution is -0.125. The van der Waals surface area contributed by atoms with Crippen molar-refractivity contribution in [2.75, 3.05) is 6.54 Å². The van der Waals surface area contributed by atoms with Crippen molar-refractivity contribution in [1.29, 1.82) is 0 Å². The molecule has 4 heteroatoms. The molecule has 2 atom stereocenters. The van der Waals surface area contributed by atoms with Crippen LogP contribution < -0.4 is 5.73 Å². The fraction of sp³-hybridized carbons (Fsp3) is 0.833. The van der Waals surface area contributed by atoms with Crippen molar-refractivity contribution >= 4 is 11.7 Å². The highest BCUT2D eigenvalue weighted by Gasteiger charge is 2.28. The third-order valence-electron chi connectivity index (χ3n) is 3.35. The number of amides is 1. The van der Waals surface area contributed by atoms with E-state index < -0.39 is 0 Å². The van der Waals surface area contributed by atoms with Crippen LogP contribution in [0.25, 0.3) is 0 Å². The molecule has 0 saturated carbocycles. The summed E-state index contributed by atoms with van der Waals surface area (Å²) in [6.45, 7) is 4.32. The van der Waals surface area contributed by atoms with E-state index in [2.05, 4.69) is 4.90 Å². The number of hydrogen-bond donors (Lipinski definition) is 1. The van der Waals surface area contributed by atoms with Crippen LogP contribution in [0.1, 0.15) is 46.0 Å². The number of nitrogens with two attached hydrogens (primary N) is 1. The molecule has 16 heavy (non-hydrogen) atoms. The van der Waals surface area contributed by atoms with Crippen molar-refractivity contribution in [3.63, 3.8) is 0 Å². The first-order chi connectivity index (χ1) is 7.52. The molecule has 4 nitrogen and oxygen atoms in total. The maximum absolute atomic E-state index is 11.2. The van der Waals surface area contributed by atoms with Crippen LogP contribution in [-0.2, 0) is 9.59 Å². The summed E-state index contributed by atoms with van der Waals surface area (Å²) in [5, 5.41) is 0. The van der Waals surface area contributed by atoms with Gasteiger partial charge in [-0.3, -0.25) is 14.5 Å². The number of ketones is 1. The summed E-state index contributed by atoms with van der Waals surface area (Å²) in [6.07, 6.45) is 4.94. The predicted octanol–water partition coefficient (Wildman–Crippen LogP) is 1.08. The molecule has 0 spiro atoms. The van der Waals surface area contributed by atoms with Crippen LogP contribution in [0.3, 0.4) is 0 Å². The van der Waals surface area contributed by atoms with Crippen LogP contribution in [0.4, 0.5) is 0 Å². The van der Waals surface area contributed by atoms with Gasteiger partial charge in [0.15, 0.2) is 0 Å². The SMILES string of the molecule is CC(=O)CC1CCCCCN1C(C)C(N)=O. The van der Waals surface area contributed by atoms with Crippen LogP contribution in [0, 0.1) is 0 Å². The lowest BCUT2D eigenvalue weighted by Crippen LogP contribution is -2.48. The molecule has 92 valence electrons. The minimum absolute atomic E-state index is 0.188. The first-order valence-corrected chi connectivity index (χ1v) is 6.07. The van der Waals surface area contributed by atoms with Crippen molar-refractivity contribution in [3.8, 4) is 0 Å². The zero-order chi connectivity index (χ0) is 12.1. The normalized spacial score (nSPS) is 24.8. The fourth-order valence-electron chi connectivity index (χ4n) is 2.42. The van der Waals surface area contributed by atoms with Gasteiger partial charge < -0.3 is 5.73 Å². The molecule has 0 aromatic heterocycles. The molecule has 1 saturated heterocycles. The maximum atomic E-state index is 11.2. The number of hydrogen-bond acceptors (Lipinski definition) is 3. The second kappa shape index (κ2) is 5.99. The second-order valence-corrected chi connectivity index (χ2v) is 4.73. The number of carbonyl (C=O) groups is 2. The largest absolute Gasteiger partial charge is 0.368 e. The Bertz CT molecular complexity index is 266. The van der Waals surface area contributed by atoms with Crippen molar-refractivity contribution in [2.45, 2.75) is 58.0 Å².